The molecule has 4 atom stereocenters. The van der Waals surface area contributed by atoms with Crippen LogP contribution < -0.4 is 5.32 Å². The Balaban J connectivity index is 1.29. The molecule has 1 saturated heterocycles. The molecule has 2 N–H and O–H groups in total. The largest absolute Gasteiger partial charge is 0.479 e. The normalized spacial score (nSPS) is 21.2. The molecule has 2 aliphatic heterocycles. The Hall–Kier alpha value is -5.54. The quantitative estimate of drug-likeness (QED) is 0.225. The van der Waals surface area contributed by atoms with Crippen LogP contribution in [0.15, 0.2) is 67.3 Å². The summed E-state index contributed by atoms with van der Waals surface area (Å²) in [5.41, 5.74) is 0.965. The van der Waals surface area contributed by atoms with E-state index in [2.05, 4.69) is 20.3 Å². The number of anilines is 1. The van der Waals surface area contributed by atoms with E-state index < -0.39 is 60.6 Å². The maximum Gasteiger partial charge on any atom is 0.333 e. The van der Waals surface area contributed by atoms with E-state index in [1.165, 1.54) is 29.4 Å². The van der Waals surface area contributed by atoms with E-state index in [9.17, 15) is 29.1 Å². The number of hydrogen-bond acceptors (Lipinski definition) is 11. The van der Waals surface area contributed by atoms with Crippen molar-refractivity contribution in [2.45, 2.75) is 25.4 Å². The Bertz CT molecular complexity index is 1740. The molecule has 2 aliphatic rings. The molecule has 218 valence electrons. The summed E-state index contributed by atoms with van der Waals surface area (Å²) in [4.78, 5) is 80.9. The van der Waals surface area contributed by atoms with Gasteiger partial charge in [-0.05, 0) is 24.3 Å². The Kier molecular flexibility index (Phi) is 7.09. The number of nitrogens with one attached hydrogen (secondary N) is 1. The number of imidazole rings is 1. The van der Waals surface area contributed by atoms with Gasteiger partial charge in [-0.25, -0.2) is 19.7 Å². The zero-order valence-electron chi connectivity index (χ0n) is 22.3. The third-order valence-corrected chi connectivity index (χ3v) is 6.98. The summed E-state index contributed by atoms with van der Waals surface area (Å²) in [7, 11) is 0. The molecule has 3 amide bonds. The Morgan fingerprint density at radius 3 is 2.30 bits per heavy atom. The number of nitrogens with zero attached hydrogens (tertiary/aromatic N) is 5. The van der Waals surface area contributed by atoms with E-state index in [-0.39, 0.29) is 28.1 Å². The van der Waals surface area contributed by atoms with Gasteiger partial charge in [0, 0.05) is 12.5 Å². The maximum absolute atomic E-state index is 12.8. The number of amides is 3. The van der Waals surface area contributed by atoms with Crippen LogP contribution in [0.25, 0.3) is 11.2 Å². The summed E-state index contributed by atoms with van der Waals surface area (Å²) >= 11 is 0. The average molecular weight is 587 g/mol. The molecule has 0 bridgehead atoms. The van der Waals surface area contributed by atoms with Crippen LogP contribution in [0.2, 0.25) is 0 Å². The van der Waals surface area contributed by atoms with Gasteiger partial charge in [0.05, 0.1) is 30.0 Å². The highest BCUT2D eigenvalue weighted by atomic mass is 16.7. The lowest BCUT2D eigenvalue weighted by Gasteiger charge is -2.24. The number of carboxylic acids is 1. The first-order chi connectivity index (χ1) is 20.7. The van der Waals surface area contributed by atoms with Crippen molar-refractivity contribution in [1.29, 1.82) is 0 Å². The van der Waals surface area contributed by atoms with Gasteiger partial charge in [-0.3, -0.25) is 28.6 Å². The second-order valence-corrected chi connectivity index (χ2v) is 9.64. The van der Waals surface area contributed by atoms with Crippen molar-refractivity contribution in [3.8, 4) is 0 Å². The standard InChI is InChI=1S/C28H22N6O9/c1-14(35)42-20-18(11-41-34-25(37)16-9-5-6-10-17(16)26(34)38)21(28(39)40)43-27(20)33-13-31-19-22(29-12-30-23(19)33)32-24(36)15-7-3-2-4-8-15/h2-10,12-13,18,20-21,27H,11H2,1H3,(H,39,40)(H,29,30,32,36)/t18-,20+,21-,27+/m0/s1. The molecular formula is C28H22N6O9. The van der Waals surface area contributed by atoms with Crippen molar-refractivity contribution in [2.24, 2.45) is 5.92 Å². The lowest BCUT2D eigenvalue weighted by molar-refractivity contribution is -0.159. The van der Waals surface area contributed by atoms with Crippen molar-refractivity contribution in [3.05, 3.63) is 83.9 Å². The molecule has 15 heteroatoms. The van der Waals surface area contributed by atoms with Crippen LogP contribution in [-0.2, 0) is 23.9 Å². The Morgan fingerprint density at radius 1 is 0.977 bits per heavy atom. The van der Waals surface area contributed by atoms with Crippen LogP contribution in [0.5, 0.6) is 0 Å². The van der Waals surface area contributed by atoms with Gasteiger partial charge >= 0.3 is 11.9 Å². The molecule has 6 rings (SSSR count). The zero-order valence-corrected chi connectivity index (χ0v) is 22.3. The fourth-order valence-corrected chi connectivity index (χ4v) is 5.04. The lowest BCUT2D eigenvalue weighted by atomic mass is 9.98. The number of ether oxygens (including phenoxy) is 2. The molecule has 1 fully saturated rings. The molecule has 0 spiro atoms. The van der Waals surface area contributed by atoms with Crippen LogP contribution in [0.4, 0.5) is 5.82 Å². The fraction of sp³-hybridized carbons (Fsp3) is 0.214. The first kappa shape index (κ1) is 27.6. The van der Waals surface area contributed by atoms with E-state index in [1.54, 1.807) is 42.5 Å². The van der Waals surface area contributed by atoms with Crippen LogP contribution in [0, 0.1) is 5.92 Å². The predicted molar refractivity (Wildman–Crippen MR) is 143 cm³/mol. The molecule has 2 aromatic carbocycles. The molecule has 4 heterocycles. The number of imide groups is 1. The molecule has 15 nitrogen and oxygen atoms in total. The van der Waals surface area contributed by atoms with Gasteiger partial charge in [0.25, 0.3) is 17.7 Å². The second kappa shape index (κ2) is 11.0. The van der Waals surface area contributed by atoms with Crippen molar-refractivity contribution < 1.29 is 43.4 Å². The predicted octanol–water partition coefficient (Wildman–Crippen LogP) is 1.84. The summed E-state index contributed by atoms with van der Waals surface area (Å²) < 4.78 is 12.7. The maximum atomic E-state index is 12.8. The molecule has 4 aromatic rings. The van der Waals surface area contributed by atoms with Crippen molar-refractivity contribution >= 4 is 46.6 Å². The van der Waals surface area contributed by atoms with Gasteiger partial charge in [0.15, 0.2) is 35.4 Å². The zero-order chi connectivity index (χ0) is 30.2. The van der Waals surface area contributed by atoms with Gasteiger partial charge in [0.2, 0.25) is 0 Å². The first-order valence-electron chi connectivity index (χ1n) is 12.9. The molecule has 0 aliphatic carbocycles. The highest BCUT2D eigenvalue weighted by Crippen LogP contribution is 2.39. The van der Waals surface area contributed by atoms with Crippen molar-refractivity contribution in [1.82, 2.24) is 24.6 Å². The van der Waals surface area contributed by atoms with Gasteiger partial charge in [0.1, 0.15) is 6.33 Å². The minimum absolute atomic E-state index is 0.0833. The molecule has 0 saturated carbocycles. The summed E-state index contributed by atoms with van der Waals surface area (Å²) in [6.07, 6.45) is -1.66. The number of carbonyl (C=O) groups excluding carboxylic acids is 4. The van der Waals surface area contributed by atoms with E-state index in [0.717, 1.165) is 6.92 Å². The number of benzene rings is 2. The number of hydroxylamine groups is 2. The van der Waals surface area contributed by atoms with Gasteiger partial charge in [-0.15, -0.1) is 5.06 Å². The molecule has 43 heavy (non-hydrogen) atoms. The van der Waals surface area contributed by atoms with Gasteiger partial charge < -0.3 is 19.9 Å². The minimum atomic E-state index is -1.58. The number of aromatic nitrogens is 4. The highest BCUT2D eigenvalue weighted by Gasteiger charge is 2.52. The number of aliphatic carboxylic acids is 1. The molecule has 0 unspecified atom stereocenters. The van der Waals surface area contributed by atoms with Gasteiger partial charge in [-0.1, -0.05) is 30.3 Å². The Labute approximate surface area is 242 Å². The number of hydrogen-bond donors (Lipinski definition) is 2. The Morgan fingerprint density at radius 2 is 1.65 bits per heavy atom. The number of fused-ring (bicyclic) bond motifs is 2. The van der Waals surface area contributed by atoms with Gasteiger partial charge in [-0.2, -0.15) is 0 Å². The molecule has 2 aromatic heterocycles. The topological polar surface area (TPSA) is 192 Å². The van der Waals surface area contributed by atoms with E-state index in [0.29, 0.717) is 10.6 Å². The lowest BCUT2D eigenvalue weighted by Crippen LogP contribution is -2.40. The summed E-state index contributed by atoms with van der Waals surface area (Å²) in [6.45, 7) is 0.607. The van der Waals surface area contributed by atoms with Crippen LogP contribution in [0.1, 0.15) is 44.2 Å². The number of carboxylic acid groups (broad SMARTS) is 1. The summed E-state index contributed by atoms with van der Waals surface area (Å²) in [6, 6.07) is 14.6. The first-order valence-corrected chi connectivity index (χ1v) is 12.9. The number of carbonyl (C=O) groups is 5. The third kappa shape index (κ3) is 4.96. The van der Waals surface area contributed by atoms with E-state index >= 15 is 0 Å². The van der Waals surface area contributed by atoms with Crippen molar-refractivity contribution in [2.75, 3.05) is 11.9 Å². The van der Waals surface area contributed by atoms with Crippen LogP contribution >= 0.6 is 0 Å². The fourth-order valence-electron chi connectivity index (χ4n) is 5.04. The summed E-state index contributed by atoms with van der Waals surface area (Å²) in [5, 5.41) is 13.2. The van der Waals surface area contributed by atoms with Crippen LogP contribution in [0.3, 0.4) is 0 Å². The number of rotatable bonds is 8. The third-order valence-electron chi connectivity index (χ3n) is 6.98. The second-order valence-electron chi connectivity index (χ2n) is 9.64. The number of esters is 1. The van der Waals surface area contributed by atoms with Crippen molar-refractivity contribution in [3.63, 3.8) is 0 Å². The molecular weight excluding hydrogens is 564 g/mol. The monoisotopic (exact) mass is 586 g/mol. The highest BCUT2D eigenvalue weighted by molar-refractivity contribution is 6.20. The summed E-state index contributed by atoms with van der Waals surface area (Å²) in [5.74, 6) is -5.10. The SMILES string of the molecule is CC(=O)O[C@@H]1[C@H](CON2C(=O)c3ccccc3C2=O)[C@@H](C(=O)O)O[C@H]1n1cnc2c(NC(=O)c3ccccc3)ncnc21. The smallest absolute Gasteiger partial charge is 0.333 e. The average Bonchev–Trinajstić information content (AvgIpc) is 3.65. The minimum Gasteiger partial charge on any atom is -0.479 e. The van der Waals surface area contributed by atoms with E-state index in [1.807, 2.05) is 0 Å². The molecule has 0 radical (unpaired) electrons. The van der Waals surface area contributed by atoms with Crippen LogP contribution in [-0.4, -0.2) is 78.2 Å². The van der Waals surface area contributed by atoms with E-state index in [4.69, 9.17) is 14.3 Å².